The largest absolute Gasteiger partial charge is 0.0956 e. The van der Waals surface area contributed by atoms with Crippen LogP contribution in [0.15, 0.2) is 47.6 Å². The second-order valence-electron chi connectivity index (χ2n) is 11.3. The summed E-state index contributed by atoms with van der Waals surface area (Å²) in [6.45, 7) is 18.9. The van der Waals surface area contributed by atoms with Crippen molar-refractivity contribution in [1.82, 2.24) is 0 Å². The molecule has 3 aliphatic rings. The highest BCUT2D eigenvalue weighted by atomic mass is 14.5. The van der Waals surface area contributed by atoms with Crippen LogP contribution in [0.1, 0.15) is 92.9 Å². The first-order valence-corrected chi connectivity index (χ1v) is 12.5. The third kappa shape index (κ3) is 5.00. The monoisotopic (exact) mass is 394 g/mol. The summed E-state index contributed by atoms with van der Waals surface area (Å²) in [6, 6.07) is 0. The molecule has 0 aromatic heterocycles. The van der Waals surface area contributed by atoms with E-state index in [4.69, 9.17) is 0 Å². The molecule has 162 valence electrons. The van der Waals surface area contributed by atoms with Gasteiger partial charge in [-0.1, -0.05) is 83.6 Å². The van der Waals surface area contributed by atoms with Crippen LogP contribution in [0, 0.1) is 40.9 Å². The number of hydrogen-bond donors (Lipinski definition) is 0. The molecule has 0 unspecified atom stereocenters. The lowest BCUT2D eigenvalue weighted by molar-refractivity contribution is 0.112. The second kappa shape index (κ2) is 9.40. The molecule has 0 aromatic carbocycles. The minimum atomic E-state index is 0.490. The molecular weight excluding hydrogens is 348 g/mol. The number of hydrogen-bond acceptors (Lipinski definition) is 0. The van der Waals surface area contributed by atoms with Gasteiger partial charge in [0.1, 0.15) is 0 Å². The summed E-state index contributed by atoms with van der Waals surface area (Å²) < 4.78 is 0. The zero-order valence-corrected chi connectivity index (χ0v) is 20.1. The maximum Gasteiger partial charge on any atom is -0.0143 e. The molecule has 0 nitrogen and oxygen atoms in total. The molecular formula is C29H46. The zero-order valence-electron chi connectivity index (χ0n) is 20.1. The van der Waals surface area contributed by atoms with Gasteiger partial charge in [-0.25, -0.2) is 0 Å². The van der Waals surface area contributed by atoms with Gasteiger partial charge in [0.05, 0.1) is 0 Å². The molecule has 0 bridgehead atoms. The fourth-order valence-corrected chi connectivity index (χ4v) is 6.45. The van der Waals surface area contributed by atoms with Crippen LogP contribution in [-0.4, -0.2) is 0 Å². The van der Waals surface area contributed by atoms with Gasteiger partial charge in [0.15, 0.2) is 0 Å². The third-order valence-corrected chi connectivity index (χ3v) is 8.90. The molecule has 0 aliphatic heterocycles. The molecule has 0 heteroatoms. The van der Waals surface area contributed by atoms with Crippen molar-refractivity contribution in [2.24, 2.45) is 40.9 Å². The molecule has 3 aliphatic carbocycles. The van der Waals surface area contributed by atoms with E-state index in [9.17, 15) is 0 Å². The van der Waals surface area contributed by atoms with E-state index in [-0.39, 0.29) is 0 Å². The third-order valence-electron chi connectivity index (χ3n) is 8.90. The van der Waals surface area contributed by atoms with Crippen LogP contribution in [0.25, 0.3) is 0 Å². The number of fused-ring (bicyclic) bond motifs is 1. The van der Waals surface area contributed by atoms with Crippen molar-refractivity contribution in [1.29, 1.82) is 0 Å². The summed E-state index contributed by atoms with van der Waals surface area (Å²) in [5.41, 5.74) is 5.15. The van der Waals surface area contributed by atoms with Gasteiger partial charge >= 0.3 is 0 Å². The van der Waals surface area contributed by atoms with Crippen molar-refractivity contribution >= 4 is 0 Å². The number of rotatable bonds is 5. The topological polar surface area (TPSA) is 0 Å². The van der Waals surface area contributed by atoms with E-state index >= 15 is 0 Å². The van der Waals surface area contributed by atoms with Crippen LogP contribution in [0.4, 0.5) is 0 Å². The summed E-state index contributed by atoms with van der Waals surface area (Å²) in [6.07, 6.45) is 20.7. The SMILES string of the molecule is C=C1CC[C@H](C)C/C1=C/C=C1\CCC[C@]2(C)[C@@H]([C@H](C)/C=C/[C@@H](C)C(C)C)CC[C@@H]12. The van der Waals surface area contributed by atoms with Gasteiger partial charge in [0.2, 0.25) is 0 Å². The highest BCUT2D eigenvalue weighted by Gasteiger charge is 2.50. The van der Waals surface area contributed by atoms with E-state index in [2.05, 4.69) is 72.4 Å². The van der Waals surface area contributed by atoms with Gasteiger partial charge in [-0.15, -0.1) is 0 Å². The lowest BCUT2D eigenvalue weighted by Gasteiger charge is -2.44. The Bertz CT molecular complexity index is 672. The van der Waals surface area contributed by atoms with Gasteiger partial charge < -0.3 is 0 Å². The van der Waals surface area contributed by atoms with E-state index in [1.807, 2.05) is 0 Å². The van der Waals surface area contributed by atoms with Crippen LogP contribution < -0.4 is 0 Å². The van der Waals surface area contributed by atoms with E-state index in [0.717, 1.165) is 23.7 Å². The lowest BCUT2D eigenvalue weighted by Crippen LogP contribution is -2.35. The van der Waals surface area contributed by atoms with Gasteiger partial charge in [0, 0.05) is 0 Å². The second-order valence-corrected chi connectivity index (χ2v) is 11.3. The molecule has 3 fully saturated rings. The first-order valence-electron chi connectivity index (χ1n) is 12.5. The average molecular weight is 395 g/mol. The Hall–Kier alpha value is -1.04. The Morgan fingerprint density at radius 3 is 2.48 bits per heavy atom. The van der Waals surface area contributed by atoms with Gasteiger partial charge in [-0.2, -0.15) is 0 Å². The van der Waals surface area contributed by atoms with Crippen molar-refractivity contribution < 1.29 is 0 Å². The van der Waals surface area contributed by atoms with Crippen molar-refractivity contribution in [3.8, 4) is 0 Å². The zero-order chi connectivity index (χ0) is 21.2. The average Bonchev–Trinajstić information content (AvgIpc) is 3.04. The Balaban J connectivity index is 1.75. The molecule has 0 aromatic rings. The Morgan fingerprint density at radius 1 is 1.00 bits per heavy atom. The molecule has 3 saturated carbocycles. The summed E-state index contributed by atoms with van der Waals surface area (Å²) in [5, 5.41) is 0. The smallest absolute Gasteiger partial charge is 0.0143 e. The molecule has 0 N–H and O–H groups in total. The molecule has 0 amide bonds. The van der Waals surface area contributed by atoms with Crippen molar-refractivity contribution in [2.45, 2.75) is 92.9 Å². The maximum atomic E-state index is 4.35. The van der Waals surface area contributed by atoms with Crippen molar-refractivity contribution in [2.75, 3.05) is 0 Å². The highest BCUT2D eigenvalue weighted by molar-refractivity contribution is 5.36. The maximum absolute atomic E-state index is 4.35. The molecule has 0 saturated heterocycles. The quantitative estimate of drug-likeness (QED) is 0.408. The fraction of sp³-hybridized carbons (Fsp3) is 0.724. The molecule has 29 heavy (non-hydrogen) atoms. The molecule has 6 atom stereocenters. The van der Waals surface area contributed by atoms with Crippen LogP contribution in [0.5, 0.6) is 0 Å². The molecule has 0 heterocycles. The Morgan fingerprint density at radius 2 is 1.76 bits per heavy atom. The number of allylic oxidation sites excluding steroid dienone is 7. The van der Waals surface area contributed by atoms with Crippen LogP contribution in [0.2, 0.25) is 0 Å². The van der Waals surface area contributed by atoms with Crippen LogP contribution >= 0.6 is 0 Å². The summed E-state index contributed by atoms with van der Waals surface area (Å²) in [5.74, 6) is 4.57. The molecule has 3 rings (SSSR count). The highest BCUT2D eigenvalue weighted by Crippen LogP contribution is 2.59. The first-order chi connectivity index (χ1) is 13.7. The van der Waals surface area contributed by atoms with E-state index < -0.39 is 0 Å². The predicted octanol–water partition coefficient (Wildman–Crippen LogP) is 8.92. The Labute approximate surface area is 181 Å². The normalized spacial score (nSPS) is 38.2. The summed E-state index contributed by atoms with van der Waals surface area (Å²) in [7, 11) is 0. The van der Waals surface area contributed by atoms with Gasteiger partial charge in [0.25, 0.3) is 0 Å². The van der Waals surface area contributed by atoms with E-state index in [0.29, 0.717) is 17.3 Å². The minimum Gasteiger partial charge on any atom is -0.0956 e. The molecule has 0 radical (unpaired) electrons. The van der Waals surface area contributed by atoms with Gasteiger partial charge in [-0.3, -0.25) is 0 Å². The van der Waals surface area contributed by atoms with Crippen molar-refractivity contribution in [3.63, 3.8) is 0 Å². The van der Waals surface area contributed by atoms with E-state index in [1.165, 1.54) is 62.5 Å². The first kappa shape index (κ1) is 22.6. The van der Waals surface area contributed by atoms with Crippen molar-refractivity contribution in [3.05, 3.63) is 47.6 Å². The molecule has 0 spiro atoms. The minimum absolute atomic E-state index is 0.490. The Kier molecular flexibility index (Phi) is 7.34. The van der Waals surface area contributed by atoms with E-state index in [1.54, 1.807) is 5.57 Å². The lowest BCUT2D eigenvalue weighted by atomic mass is 9.61. The van der Waals surface area contributed by atoms with Gasteiger partial charge in [-0.05, 0) is 97.9 Å². The summed E-state index contributed by atoms with van der Waals surface area (Å²) >= 11 is 0. The van der Waals surface area contributed by atoms with Crippen LogP contribution in [0.3, 0.4) is 0 Å². The standard InChI is InChI=1S/C29H46/c1-20(2)22(4)12-13-24(6)27-16-17-28-25(9-8-18-29(27,28)7)14-15-26-19-21(3)10-11-23(26)5/h12-15,20-22,24,27-28H,5,8-11,16-19H2,1-4,6-7H3/b13-12+,25-14+,26-15-/t21-,22+,24+,27+,28-,29+/m0/s1. The summed E-state index contributed by atoms with van der Waals surface area (Å²) in [4.78, 5) is 0. The fourth-order valence-electron chi connectivity index (χ4n) is 6.45. The predicted molar refractivity (Wildman–Crippen MR) is 129 cm³/mol. The van der Waals surface area contributed by atoms with Crippen LogP contribution in [-0.2, 0) is 0 Å².